The van der Waals surface area contributed by atoms with Gasteiger partial charge >= 0.3 is 6.18 Å². The number of halogens is 5. The van der Waals surface area contributed by atoms with Crippen LogP contribution in [0.2, 0.25) is 0 Å². The number of nitrogens with zero attached hydrogens (tertiary/aromatic N) is 1. The van der Waals surface area contributed by atoms with Crippen LogP contribution in [-0.2, 0) is 11.0 Å². The SMILES string of the molecule is C[C@@](O)(COc1ccc(F)c(F)c1)C(=O)Nc1ccc([N+](=O)[O-])c(C(F)(F)F)c1. The quantitative estimate of drug-likeness (QED) is 0.422. The second-order valence-corrected chi connectivity index (χ2v) is 6.08. The van der Waals surface area contributed by atoms with Crippen LogP contribution in [-0.4, -0.2) is 28.1 Å². The Morgan fingerprint density at radius 1 is 1.17 bits per heavy atom. The lowest BCUT2D eigenvalue weighted by atomic mass is 10.1. The monoisotopic (exact) mass is 420 g/mol. The first kappa shape index (κ1) is 22.0. The summed E-state index contributed by atoms with van der Waals surface area (Å²) in [7, 11) is 0. The van der Waals surface area contributed by atoms with Crippen molar-refractivity contribution >= 4 is 17.3 Å². The molecule has 1 atom stereocenters. The van der Waals surface area contributed by atoms with Gasteiger partial charge in [0.25, 0.3) is 11.6 Å². The number of aliphatic hydroxyl groups is 1. The third-order valence-corrected chi connectivity index (χ3v) is 3.66. The highest BCUT2D eigenvalue weighted by Crippen LogP contribution is 2.37. The maximum absolute atomic E-state index is 13.1. The number of ether oxygens (including phenoxy) is 1. The highest BCUT2D eigenvalue weighted by atomic mass is 19.4. The number of hydrogen-bond acceptors (Lipinski definition) is 5. The standard InChI is InChI=1S/C17H13F5N2O5/c1-16(26,8-29-10-3-4-12(18)13(19)7-10)15(25)23-9-2-5-14(24(27)28)11(6-9)17(20,21)22/h2-7,26H,8H2,1H3,(H,23,25)/t16-/m1/s1. The molecule has 0 saturated carbocycles. The smallest absolute Gasteiger partial charge is 0.423 e. The number of nitrogens with one attached hydrogen (secondary N) is 1. The molecule has 0 aliphatic heterocycles. The highest BCUT2D eigenvalue weighted by molar-refractivity contribution is 5.97. The van der Waals surface area contributed by atoms with Crippen LogP contribution >= 0.6 is 0 Å². The van der Waals surface area contributed by atoms with Gasteiger partial charge in [-0.25, -0.2) is 8.78 Å². The van der Waals surface area contributed by atoms with E-state index >= 15 is 0 Å². The van der Waals surface area contributed by atoms with Gasteiger partial charge < -0.3 is 15.2 Å². The normalized spacial score (nSPS) is 13.5. The molecule has 12 heteroatoms. The maximum Gasteiger partial charge on any atom is 0.423 e. The molecule has 0 heterocycles. The second kappa shape index (κ2) is 7.99. The summed E-state index contributed by atoms with van der Waals surface area (Å²) in [5.74, 6) is -3.76. The summed E-state index contributed by atoms with van der Waals surface area (Å²) >= 11 is 0. The number of rotatable bonds is 6. The van der Waals surface area contributed by atoms with Crippen LogP contribution in [0, 0.1) is 21.7 Å². The van der Waals surface area contributed by atoms with E-state index in [4.69, 9.17) is 4.74 Å². The van der Waals surface area contributed by atoms with E-state index in [0.717, 1.165) is 25.1 Å². The van der Waals surface area contributed by atoms with Crippen molar-refractivity contribution in [3.8, 4) is 5.75 Å². The molecule has 0 aliphatic carbocycles. The first-order valence-electron chi connectivity index (χ1n) is 7.78. The average Bonchev–Trinajstić information content (AvgIpc) is 2.61. The number of anilines is 1. The lowest BCUT2D eigenvalue weighted by molar-refractivity contribution is -0.388. The molecule has 0 unspecified atom stereocenters. The Morgan fingerprint density at radius 2 is 1.83 bits per heavy atom. The van der Waals surface area contributed by atoms with Crippen molar-refractivity contribution in [1.82, 2.24) is 0 Å². The van der Waals surface area contributed by atoms with Gasteiger partial charge in [-0.1, -0.05) is 0 Å². The Labute approximate surface area is 159 Å². The molecule has 2 aromatic rings. The minimum absolute atomic E-state index is 0.202. The summed E-state index contributed by atoms with van der Waals surface area (Å²) < 4.78 is 70.0. The third-order valence-electron chi connectivity index (χ3n) is 3.66. The zero-order valence-corrected chi connectivity index (χ0v) is 14.6. The Hall–Kier alpha value is -3.28. The number of nitro groups is 1. The summed E-state index contributed by atoms with van der Waals surface area (Å²) in [4.78, 5) is 21.7. The average molecular weight is 420 g/mol. The number of nitro benzene ring substituents is 1. The van der Waals surface area contributed by atoms with Gasteiger partial charge in [0.05, 0.1) is 4.92 Å². The molecule has 0 bridgehead atoms. The molecule has 0 radical (unpaired) electrons. The molecule has 2 aromatic carbocycles. The predicted octanol–water partition coefficient (Wildman–Crippen LogP) is 3.66. The molecule has 156 valence electrons. The van der Waals surface area contributed by atoms with Crippen molar-refractivity contribution in [3.63, 3.8) is 0 Å². The Balaban J connectivity index is 2.15. The fraction of sp³-hybridized carbons (Fsp3) is 0.235. The number of hydrogen-bond donors (Lipinski definition) is 2. The number of carbonyl (C=O) groups excluding carboxylic acids is 1. The Kier molecular flexibility index (Phi) is 6.07. The molecule has 7 nitrogen and oxygen atoms in total. The minimum Gasteiger partial charge on any atom is -0.490 e. The number of carbonyl (C=O) groups is 1. The first-order chi connectivity index (χ1) is 13.3. The maximum atomic E-state index is 13.1. The van der Waals surface area contributed by atoms with Gasteiger partial charge in [0.2, 0.25) is 0 Å². The molecule has 0 fully saturated rings. The number of amides is 1. The molecule has 29 heavy (non-hydrogen) atoms. The molecule has 0 aromatic heterocycles. The van der Waals surface area contributed by atoms with Crippen molar-refractivity contribution < 1.29 is 41.5 Å². The van der Waals surface area contributed by atoms with E-state index in [1.165, 1.54) is 0 Å². The van der Waals surface area contributed by atoms with Crippen LogP contribution in [0.5, 0.6) is 5.75 Å². The molecule has 2 rings (SSSR count). The lowest BCUT2D eigenvalue weighted by Gasteiger charge is -2.23. The van der Waals surface area contributed by atoms with Crippen LogP contribution in [0.3, 0.4) is 0 Å². The summed E-state index contributed by atoms with van der Waals surface area (Å²) in [5.41, 5.74) is -5.53. The van der Waals surface area contributed by atoms with Gasteiger partial charge in [0.15, 0.2) is 17.2 Å². The zero-order chi connectivity index (χ0) is 22.0. The van der Waals surface area contributed by atoms with E-state index in [1.807, 2.05) is 5.32 Å². The van der Waals surface area contributed by atoms with Crippen LogP contribution in [0.15, 0.2) is 36.4 Å². The summed E-state index contributed by atoms with van der Waals surface area (Å²) in [6.07, 6.45) is -5.05. The fourth-order valence-corrected chi connectivity index (χ4v) is 2.12. The van der Waals surface area contributed by atoms with Crippen molar-refractivity contribution in [3.05, 3.63) is 63.7 Å². The van der Waals surface area contributed by atoms with Crippen LogP contribution in [0.4, 0.5) is 33.3 Å². The van der Waals surface area contributed by atoms with Gasteiger partial charge in [-0.15, -0.1) is 0 Å². The van der Waals surface area contributed by atoms with Gasteiger partial charge in [-0.3, -0.25) is 14.9 Å². The molecular formula is C17H13F5N2O5. The number of benzene rings is 2. The highest BCUT2D eigenvalue weighted by Gasteiger charge is 2.39. The molecule has 0 aliphatic rings. The summed E-state index contributed by atoms with van der Waals surface area (Å²) in [5, 5.41) is 22.9. The van der Waals surface area contributed by atoms with Crippen molar-refractivity contribution in [2.24, 2.45) is 0 Å². The summed E-state index contributed by atoms with van der Waals surface area (Å²) in [6, 6.07) is 4.24. The van der Waals surface area contributed by atoms with Crippen LogP contribution in [0.1, 0.15) is 12.5 Å². The van der Waals surface area contributed by atoms with Crippen LogP contribution < -0.4 is 10.1 Å². The second-order valence-electron chi connectivity index (χ2n) is 6.08. The van der Waals surface area contributed by atoms with Gasteiger partial charge in [-0.2, -0.15) is 13.2 Å². The van der Waals surface area contributed by atoms with Crippen molar-refractivity contribution in [1.29, 1.82) is 0 Å². The van der Waals surface area contributed by atoms with E-state index in [9.17, 15) is 42.0 Å². The largest absolute Gasteiger partial charge is 0.490 e. The third kappa shape index (κ3) is 5.38. The first-order valence-corrected chi connectivity index (χ1v) is 7.78. The van der Waals surface area contributed by atoms with E-state index in [1.54, 1.807) is 0 Å². The topological polar surface area (TPSA) is 102 Å². The Morgan fingerprint density at radius 3 is 2.38 bits per heavy atom. The number of alkyl halides is 3. The Bertz CT molecular complexity index is 946. The van der Waals surface area contributed by atoms with Crippen molar-refractivity contribution in [2.45, 2.75) is 18.7 Å². The van der Waals surface area contributed by atoms with E-state index in [2.05, 4.69) is 0 Å². The predicted molar refractivity (Wildman–Crippen MR) is 89.2 cm³/mol. The molecular weight excluding hydrogens is 407 g/mol. The molecule has 0 spiro atoms. The fourth-order valence-electron chi connectivity index (χ4n) is 2.12. The van der Waals surface area contributed by atoms with E-state index in [0.29, 0.717) is 18.2 Å². The molecule has 1 amide bonds. The molecule has 2 N–H and O–H groups in total. The molecule has 0 saturated heterocycles. The van der Waals surface area contributed by atoms with Gasteiger partial charge in [-0.05, 0) is 31.2 Å². The summed E-state index contributed by atoms with van der Waals surface area (Å²) in [6.45, 7) is 0.224. The minimum atomic E-state index is -5.05. The van der Waals surface area contributed by atoms with Gasteiger partial charge in [0, 0.05) is 17.8 Å². The van der Waals surface area contributed by atoms with Gasteiger partial charge in [0.1, 0.15) is 17.9 Å². The van der Waals surface area contributed by atoms with E-state index in [-0.39, 0.29) is 5.75 Å². The van der Waals surface area contributed by atoms with Crippen LogP contribution in [0.25, 0.3) is 0 Å². The van der Waals surface area contributed by atoms with Crippen molar-refractivity contribution in [2.75, 3.05) is 11.9 Å². The zero-order valence-electron chi connectivity index (χ0n) is 14.6. The lowest BCUT2D eigenvalue weighted by Crippen LogP contribution is -2.45. The van der Waals surface area contributed by atoms with E-state index < -0.39 is 57.8 Å².